The van der Waals surface area contributed by atoms with Gasteiger partial charge in [-0.05, 0) is 59.2 Å². The Kier molecular flexibility index (Phi) is 6.90. The van der Waals surface area contributed by atoms with E-state index in [1.54, 1.807) is 14.2 Å². The van der Waals surface area contributed by atoms with Crippen molar-refractivity contribution < 1.29 is 22.6 Å². The van der Waals surface area contributed by atoms with Gasteiger partial charge in [-0.3, -0.25) is 0 Å². The fourth-order valence-corrected chi connectivity index (χ4v) is 3.31. The summed E-state index contributed by atoms with van der Waals surface area (Å²) in [6.07, 6.45) is -3.19. The van der Waals surface area contributed by atoms with E-state index in [0.717, 1.165) is 28.7 Å². The van der Waals surface area contributed by atoms with Crippen molar-refractivity contribution in [2.24, 2.45) is 0 Å². The standard InChI is InChI=1S/C25H24F3NO2/c1-4-20-15-21(9-14-24(20)25(26,27)28)29(16-18-5-10-22(30-2)11-6-18)17-19-7-12-23(31-3)13-8-19/h4-15H,1,16-17H2,2-3H3. The number of hydrogen-bond donors (Lipinski definition) is 0. The molecule has 0 amide bonds. The maximum absolute atomic E-state index is 13.3. The Hall–Kier alpha value is -3.41. The summed E-state index contributed by atoms with van der Waals surface area (Å²) in [6, 6.07) is 19.4. The van der Waals surface area contributed by atoms with Crippen LogP contribution < -0.4 is 14.4 Å². The monoisotopic (exact) mass is 427 g/mol. The maximum Gasteiger partial charge on any atom is 0.416 e. The van der Waals surface area contributed by atoms with Crippen LogP contribution in [0, 0.1) is 0 Å². The van der Waals surface area contributed by atoms with Crippen LogP contribution in [0.25, 0.3) is 6.08 Å². The molecule has 0 aromatic heterocycles. The molecular weight excluding hydrogens is 403 g/mol. The lowest BCUT2D eigenvalue weighted by Gasteiger charge is -2.26. The molecule has 0 atom stereocenters. The zero-order valence-electron chi connectivity index (χ0n) is 17.4. The van der Waals surface area contributed by atoms with Gasteiger partial charge in [-0.25, -0.2) is 0 Å². The van der Waals surface area contributed by atoms with Crippen LogP contribution in [0.5, 0.6) is 11.5 Å². The number of anilines is 1. The first-order valence-corrected chi connectivity index (χ1v) is 9.68. The van der Waals surface area contributed by atoms with Crippen LogP contribution in [-0.4, -0.2) is 14.2 Å². The predicted octanol–water partition coefficient (Wildman–Crippen LogP) is 6.57. The fraction of sp³-hybridized carbons (Fsp3) is 0.200. The molecule has 0 N–H and O–H groups in total. The molecule has 0 unspecified atom stereocenters. The van der Waals surface area contributed by atoms with Crippen molar-refractivity contribution in [3.63, 3.8) is 0 Å². The largest absolute Gasteiger partial charge is 0.497 e. The quantitative estimate of drug-likeness (QED) is 0.406. The fourth-order valence-electron chi connectivity index (χ4n) is 3.31. The first-order valence-electron chi connectivity index (χ1n) is 9.68. The highest BCUT2D eigenvalue weighted by atomic mass is 19.4. The summed E-state index contributed by atoms with van der Waals surface area (Å²) < 4.78 is 50.4. The molecule has 0 radical (unpaired) electrons. The van der Waals surface area contributed by atoms with E-state index in [2.05, 4.69) is 6.58 Å². The molecule has 3 nitrogen and oxygen atoms in total. The first-order chi connectivity index (χ1) is 14.8. The number of halogens is 3. The topological polar surface area (TPSA) is 21.7 Å². The first kappa shape index (κ1) is 22.3. The zero-order valence-corrected chi connectivity index (χ0v) is 17.4. The van der Waals surface area contributed by atoms with Gasteiger partial charge in [-0.1, -0.05) is 36.9 Å². The molecular formula is C25H24F3NO2. The highest BCUT2D eigenvalue weighted by Gasteiger charge is 2.32. The van der Waals surface area contributed by atoms with Crippen molar-refractivity contribution in [1.29, 1.82) is 0 Å². The van der Waals surface area contributed by atoms with E-state index >= 15 is 0 Å². The van der Waals surface area contributed by atoms with Gasteiger partial charge in [0.25, 0.3) is 0 Å². The van der Waals surface area contributed by atoms with Gasteiger partial charge in [0.1, 0.15) is 11.5 Å². The number of nitrogens with zero attached hydrogens (tertiary/aromatic N) is 1. The predicted molar refractivity (Wildman–Crippen MR) is 117 cm³/mol. The van der Waals surface area contributed by atoms with Gasteiger partial charge < -0.3 is 14.4 Å². The lowest BCUT2D eigenvalue weighted by atomic mass is 10.0. The van der Waals surface area contributed by atoms with Gasteiger partial charge in [0.15, 0.2) is 0 Å². The molecule has 3 aromatic carbocycles. The van der Waals surface area contributed by atoms with Crippen LogP contribution in [0.4, 0.5) is 18.9 Å². The summed E-state index contributed by atoms with van der Waals surface area (Å²) in [5.74, 6) is 1.49. The normalized spacial score (nSPS) is 11.1. The number of alkyl halides is 3. The Morgan fingerprint density at radius 3 is 1.68 bits per heavy atom. The highest BCUT2D eigenvalue weighted by Crippen LogP contribution is 2.35. The van der Waals surface area contributed by atoms with Crippen LogP contribution in [0.3, 0.4) is 0 Å². The average molecular weight is 427 g/mol. The Bertz CT molecular complexity index is 963. The van der Waals surface area contributed by atoms with E-state index in [1.807, 2.05) is 53.4 Å². The second-order valence-electron chi connectivity index (χ2n) is 7.03. The minimum Gasteiger partial charge on any atom is -0.497 e. The lowest BCUT2D eigenvalue weighted by Crippen LogP contribution is -2.22. The van der Waals surface area contributed by atoms with Gasteiger partial charge in [-0.2, -0.15) is 13.2 Å². The summed E-state index contributed by atoms with van der Waals surface area (Å²) >= 11 is 0. The SMILES string of the molecule is C=Cc1cc(N(Cc2ccc(OC)cc2)Cc2ccc(OC)cc2)ccc1C(F)(F)F. The van der Waals surface area contributed by atoms with Crippen LogP contribution >= 0.6 is 0 Å². The minimum atomic E-state index is -4.43. The molecule has 3 rings (SSSR count). The molecule has 0 aliphatic rings. The number of hydrogen-bond acceptors (Lipinski definition) is 3. The average Bonchev–Trinajstić information content (AvgIpc) is 2.78. The molecule has 0 saturated carbocycles. The van der Waals surface area contributed by atoms with Gasteiger partial charge in [-0.15, -0.1) is 0 Å². The van der Waals surface area contributed by atoms with E-state index in [9.17, 15) is 13.2 Å². The number of methoxy groups -OCH3 is 2. The van der Waals surface area contributed by atoms with Gasteiger partial charge in [0.2, 0.25) is 0 Å². The summed E-state index contributed by atoms with van der Waals surface area (Å²) in [5.41, 5.74) is 2.05. The molecule has 0 bridgehead atoms. The molecule has 3 aromatic rings. The lowest BCUT2D eigenvalue weighted by molar-refractivity contribution is -0.137. The molecule has 31 heavy (non-hydrogen) atoms. The molecule has 0 aliphatic carbocycles. The zero-order chi connectivity index (χ0) is 22.4. The third-order valence-corrected chi connectivity index (χ3v) is 4.99. The number of rotatable bonds is 8. The van der Waals surface area contributed by atoms with E-state index in [-0.39, 0.29) is 5.56 Å². The van der Waals surface area contributed by atoms with E-state index in [0.29, 0.717) is 18.8 Å². The van der Waals surface area contributed by atoms with Gasteiger partial charge in [0.05, 0.1) is 19.8 Å². The Morgan fingerprint density at radius 2 is 1.29 bits per heavy atom. The van der Waals surface area contributed by atoms with Crippen LogP contribution in [0.15, 0.2) is 73.3 Å². The van der Waals surface area contributed by atoms with Crippen molar-refractivity contribution in [2.45, 2.75) is 19.3 Å². The van der Waals surface area contributed by atoms with Crippen molar-refractivity contribution in [1.82, 2.24) is 0 Å². The molecule has 0 aliphatic heterocycles. The Morgan fingerprint density at radius 1 is 0.806 bits per heavy atom. The Balaban J connectivity index is 1.96. The van der Waals surface area contributed by atoms with Gasteiger partial charge in [0, 0.05) is 18.8 Å². The molecule has 0 spiro atoms. The molecule has 0 saturated heterocycles. The minimum absolute atomic E-state index is 0.0551. The third-order valence-electron chi connectivity index (χ3n) is 4.99. The summed E-state index contributed by atoms with van der Waals surface area (Å²) in [5, 5.41) is 0. The summed E-state index contributed by atoms with van der Waals surface area (Å²) in [4.78, 5) is 2.02. The van der Waals surface area contributed by atoms with Crippen molar-refractivity contribution in [2.75, 3.05) is 19.1 Å². The van der Waals surface area contributed by atoms with Crippen LogP contribution in [0.1, 0.15) is 22.3 Å². The van der Waals surface area contributed by atoms with Crippen molar-refractivity contribution in [3.8, 4) is 11.5 Å². The van der Waals surface area contributed by atoms with E-state index < -0.39 is 11.7 Å². The third kappa shape index (κ3) is 5.60. The smallest absolute Gasteiger partial charge is 0.416 e. The van der Waals surface area contributed by atoms with E-state index in [4.69, 9.17) is 9.47 Å². The van der Waals surface area contributed by atoms with Crippen LogP contribution in [-0.2, 0) is 19.3 Å². The maximum atomic E-state index is 13.3. The Labute approximate surface area is 180 Å². The number of ether oxygens (including phenoxy) is 2. The molecule has 6 heteroatoms. The molecule has 0 fully saturated rings. The van der Waals surface area contributed by atoms with Gasteiger partial charge >= 0.3 is 6.18 Å². The molecule has 0 heterocycles. The molecule has 162 valence electrons. The number of benzene rings is 3. The second kappa shape index (κ2) is 9.60. The summed E-state index contributed by atoms with van der Waals surface area (Å²) in [6.45, 7) is 4.59. The second-order valence-corrected chi connectivity index (χ2v) is 7.03. The van der Waals surface area contributed by atoms with Crippen molar-refractivity contribution in [3.05, 3.63) is 95.6 Å². The van der Waals surface area contributed by atoms with Crippen molar-refractivity contribution >= 4 is 11.8 Å². The van der Waals surface area contributed by atoms with Crippen LogP contribution in [0.2, 0.25) is 0 Å². The van der Waals surface area contributed by atoms with E-state index in [1.165, 1.54) is 18.2 Å². The summed E-state index contributed by atoms with van der Waals surface area (Å²) in [7, 11) is 3.20. The highest BCUT2D eigenvalue weighted by molar-refractivity contribution is 5.62.